The van der Waals surface area contributed by atoms with Crippen LogP contribution in [0, 0.1) is 0 Å². The molecular formula is C67H43NOS. The smallest absolute Gasteiger partial charge is 0.132 e. The van der Waals surface area contributed by atoms with Gasteiger partial charge in [0, 0.05) is 48.1 Å². The van der Waals surface area contributed by atoms with Crippen molar-refractivity contribution in [3.05, 3.63) is 283 Å². The fourth-order valence-electron chi connectivity index (χ4n) is 11.7. The van der Waals surface area contributed by atoms with E-state index in [0.717, 1.165) is 50.8 Å². The molecule has 0 unspecified atom stereocenters. The van der Waals surface area contributed by atoms with Crippen molar-refractivity contribution in [3.8, 4) is 67.1 Å². The zero-order valence-electron chi connectivity index (χ0n) is 38.1. The van der Waals surface area contributed by atoms with Crippen molar-refractivity contribution in [1.29, 1.82) is 0 Å². The highest BCUT2D eigenvalue weighted by atomic mass is 32.1. The first kappa shape index (κ1) is 40.3. The molecule has 1 aliphatic carbocycles. The minimum atomic E-state index is -0.613. The molecule has 0 amide bonds. The van der Waals surface area contributed by atoms with Gasteiger partial charge in [-0.3, -0.25) is 0 Å². The molecule has 12 aromatic rings. The predicted molar refractivity (Wildman–Crippen MR) is 293 cm³/mol. The van der Waals surface area contributed by atoms with E-state index in [-0.39, 0.29) is 0 Å². The standard InChI is InChI=1S/C67H43NOS/c1-2-20-44(21-3-1)47-22-4-5-23-49(47)50-24-6-7-25-51(50)52-26-9-14-34-59(52)68(46-42-40-45(41-43-46)48-29-18-39-64-65(48)54-28-10-17-38-63(54)70-64)60-35-19-33-58-66(60)53-27-8-11-30-55(53)67(58)56-31-12-15-36-61(56)69-62-37-16-13-32-57(62)67/h1-43H. The lowest BCUT2D eigenvalue weighted by Gasteiger charge is -2.39. The maximum atomic E-state index is 6.74. The van der Waals surface area contributed by atoms with E-state index in [4.69, 9.17) is 4.74 Å². The van der Waals surface area contributed by atoms with Gasteiger partial charge in [-0.25, -0.2) is 0 Å². The van der Waals surface area contributed by atoms with Gasteiger partial charge in [-0.2, -0.15) is 0 Å². The van der Waals surface area contributed by atoms with Gasteiger partial charge in [0.15, 0.2) is 0 Å². The largest absolute Gasteiger partial charge is 0.457 e. The summed E-state index contributed by atoms with van der Waals surface area (Å²) in [7, 11) is 0. The van der Waals surface area contributed by atoms with Crippen LogP contribution in [0.25, 0.3) is 75.8 Å². The van der Waals surface area contributed by atoms with Crippen LogP contribution in [-0.4, -0.2) is 0 Å². The van der Waals surface area contributed by atoms with Gasteiger partial charge in [-0.15, -0.1) is 11.3 Å². The third kappa shape index (κ3) is 6.05. The minimum Gasteiger partial charge on any atom is -0.457 e. The Balaban J connectivity index is 1.03. The van der Waals surface area contributed by atoms with E-state index in [2.05, 4.69) is 266 Å². The molecule has 0 N–H and O–H groups in total. The number of hydrogen-bond donors (Lipinski definition) is 0. The van der Waals surface area contributed by atoms with E-state index >= 15 is 0 Å². The first-order valence-electron chi connectivity index (χ1n) is 24.0. The number of fused-ring (bicyclic) bond motifs is 12. The quantitative estimate of drug-likeness (QED) is 0.158. The second kappa shape index (κ2) is 16.2. The third-order valence-corrected chi connectivity index (χ3v) is 15.7. The van der Waals surface area contributed by atoms with Crippen molar-refractivity contribution < 1.29 is 4.74 Å². The van der Waals surface area contributed by atoms with Crippen LogP contribution in [0.4, 0.5) is 17.1 Å². The van der Waals surface area contributed by atoms with Gasteiger partial charge in [-0.05, 0) is 104 Å². The summed E-state index contributed by atoms with van der Waals surface area (Å²) in [4.78, 5) is 2.52. The molecular weight excluding hydrogens is 867 g/mol. The molecule has 0 atom stereocenters. The molecule has 1 spiro atoms. The van der Waals surface area contributed by atoms with Gasteiger partial charge >= 0.3 is 0 Å². The van der Waals surface area contributed by atoms with Crippen LogP contribution in [0.5, 0.6) is 11.5 Å². The lowest BCUT2D eigenvalue weighted by molar-refractivity contribution is 0.436. The first-order valence-corrected chi connectivity index (χ1v) is 24.8. The van der Waals surface area contributed by atoms with Crippen molar-refractivity contribution in [2.75, 3.05) is 4.90 Å². The molecule has 11 aromatic carbocycles. The Morgan fingerprint density at radius 1 is 0.314 bits per heavy atom. The Bertz CT molecular complexity index is 3950. The molecule has 70 heavy (non-hydrogen) atoms. The number of nitrogens with zero attached hydrogens (tertiary/aromatic N) is 1. The van der Waals surface area contributed by atoms with E-state index in [0.29, 0.717) is 0 Å². The van der Waals surface area contributed by atoms with Gasteiger partial charge in [0.2, 0.25) is 0 Å². The minimum absolute atomic E-state index is 0.613. The summed E-state index contributed by atoms with van der Waals surface area (Å²) in [6.07, 6.45) is 0. The van der Waals surface area contributed by atoms with E-state index in [9.17, 15) is 0 Å². The zero-order valence-corrected chi connectivity index (χ0v) is 38.9. The fraction of sp³-hybridized carbons (Fsp3) is 0.0149. The number of ether oxygens (including phenoxy) is 1. The van der Waals surface area contributed by atoms with Gasteiger partial charge in [0.25, 0.3) is 0 Å². The summed E-state index contributed by atoms with van der Waals surface area (Å²) in [5.41, 5.74) is 19.4. The number of thiophene rings is 1. The number of hydrogen-bond acceptors (Lipinski definition) is 3. The zero-order chi connectivity index (χ0) is 46.2. The van der Waals surface area contributed by atoms with Gasteiger partial charge in [-0.1, -0.05) is 212 Å². The average molecular weight is 910 g/mol. The summed E-state index contributed by atoms with van der Waals surface area (Å²) in [6.45, 7) is 0. The molecule has 2 nitrogen and oxygen atoms in total. The monoisotopic (exact) mass is 909 g/mol. The predicted octanol–water partition coefficient (Wildman–Crippen LogP) is 18.7. The Labute approximate surface area is 411 Å². The van der Waals surface area contributed by atoms with Crippen LogP contribution in [0.1, 0.15) is 22.3 Å². The Morgan fingerprint density at radius 2 is 0.800 bits per heavy atom. The molecule has 0 radical (unpaired) electrons. The SMILES string of the molecule is c1ccc(-c2ccccc2-c2ccccc2-c2ccccc2N(c2ccc(-c3cccc4sc5ccccc5c34)cc2)c2cccc3c2-c2ccccc2C32c3ccccc3Oc3ccccc32)cc1. The van der Waals surface area contributed by atoms with Crippen LogP contribution >= 0.6 is 11.3 Å². The van der Waals surface area contributed by atoms with Crippen molar-refractivity contribution in [3.63, 3.8) is 0 Å². The van der Waals surface area contributed by atoms with Crippen molar-refractivity contribution >= 4 is 48.6 Å². The van der Waals surface area contributed by atoms with E-state index in [1.54, 1.807) is 0 Å². The Hall–Kier alpha value is -8.76. The molecule has 3 heteroatoms. The lowest BCUT2D eigenvalue weighted by atomic mass is 9.66. The molecule has 328 valence electrons. The van der Waals surface area contributed by atoms with E-state index < -0.39 is 5.41 Å². The molecule has 0 saturated heterocycles. The maximum Gasteiger partial charge on any atom is 0.132 e. The summed E-state index contributed by atoms with van der Waals surface area (Å²) >= 11 is 1.86. The van der Waals surface area contributed by atoms with Crippen LogP contribution < -0.4 is 9.64 Å². The van der Waals surface area contributed by atoms with E-state index in [1.807, 2.05) is 11.3 Å². The molecule has 14 rings (SSSR count). The summed E-state index contributed by atoms with van der Waals surface area (Å²) in [6, 6.07) is 95.4. The molecule has 0 fully saturated rings. The number of rotatable bonds is 7. The second-order valence-corrected chi connectivity index (χ2v) is 19.3. The first-order chi connectivity index (χ1) is 34.8. The number of benzene rings is 11. The average Bonchev–Trinajstić information content (AvgIpc) is 3.97. The lowest BCUT2D eigenvalue weighted by Crippen LogP contribution is -2.32. The van der Waals surface area contributed by atoms with Crippen molar-refractivity contribution in [2.45, 2.75) is 5.41 Å². The Morgan fingerprint density at radius 3 is 1.54 bits per heavy atom. The summed E-state index contributed by atoms with van der Waals surface area (Å²) < 4.78 is 9.35. The number of para-hydroxylation sites is 3. The highest BCUT2D eigenvalue weighted by Crippen LogP contribution is 2.64. The topological polar surface area (TPSA) is 12.5 Å². The highest BCUT2D eigenvalue weighted by molar-refractivity contribution is 7.25. The molecule has 2 heterocycles. The third-order valence-electron chi connectivity index (χ3n) is 14.6. The molecule has 0 saturated carbocycles. The van der Waals surface area contributed by atoms with Gasteiger partial charge < -0.3 is 9.64 Å². The van der Waals surface area contributed by atoms with Crippen LogP contribution in [0.3, 0.4) is 0 Å². The van der Waals surface area contributed by atoms with Gasteiger partial charge in [0.1, 0.15) is 11.5 Å². The van der Waals surface area contributed by atoms with Crippen LogP contribution in [-0.2, 0) is 5.41 Å². The molecule has 1 aromatic heterocycles. The normalized spacial score (nSPS) is 12.8. The van der Waals surface area contributed by atoms with Crippen LogP contribution in [0.15, 0.2) is 261 Å². The summed E-state index contributed by atoms with van der Waals surface area (Å²) in [5, 5.41) is 2.61. The highest BCUT2D eigenvalue weighted by Gasteiger charge is 2.52. The number of anilines is 3. The Kier molecular flexibility index (Phi) is 9.33. The molecule has 0 bridgehead atoms. The second-order valence-electron chi connectivity index (χ2n) is 18.2. The van der Waals surface area contributed by atoms with Crippen molar-refractivity contribution in [1.82, 2.24) is 0 Å². The van der Waals surface area contributed by atoms with Crippen molar-refractivity contribution in [2.24, 2.45) is 0 Å². The van der Waals surface area contributed by atoms with Crippen LogP contribution in [0.2, 0.25) is 0 Å². The molecule has 1 aliphatic heterocycles. The molecule has 2 aliphatic rings. The summed E-state index contributed by atoms with van der Waals surface area (Å²) in [5.74, 6) is 1.76. The maximum absolute atomic E-state index is 6.74. The van der Waals surface area contributed by atoms with Gasteiger partial charge in [0.05, 0.1) is 16.8 Å². The fourth-order valence-corrected chi connectivity index (χ4v) is 12.9. The van der Waals surface area contributed by atoms with E-state index in [1.165, 1.54) is 75.8 Å².